The molecule has 5 atom stereocenters. The number of carbonyl (C=O) groups excluding carboxylic acids is 6. The first-order chi connectivity index (χ1) is 68.7. The summed E-state index contributed by atoms with van der Waals surface area (Å²) in [4.78, 5) is 132. The van der Waals surface area contributed by atoms with Crippen molar-refractivity contribution in [3.8, 4) is 0 Å². The maximum absolute atomic E-state index is 13.0. The van der Waals surface area contributed by atoms with Crippen molar-refractivity contribution in [1.82, 2.24) is 90.8 Å². The number of ketones is 2. The summed E-state index contributed by atoms with van der Waals surface area (Å²) >= 11 is 0. The summed E-state index contributed by atoms with van der Waals surface area (Å²) < 4.78 is 23.7. The molecule has 744 valence electrons. The maximum Gasteiger partial charge on any atom is 0.302 e. The Balaban J connectivity index is 0.000000169. The number of aliphatic hydroxyl groups is 5. The van der Waals surface area contributed by atoms with Gasteiger partial charge in [-0.3, -0.25) is 68.9 Å². The van der Waals surface area contributed by atoms with Crippen molar-refractivity contribution in [2.75, 3.05) is 209 Å². The molecule has 0 bridgehead atoms. The Kier molecular flexibility index (Phi) is 43.6. The highest BCUT2D eigenvalue weighted by Crippen LogP contribution is 2.23. The molecule has 40 heteroatoms. The first-order valence-corrected chi connectivity index (χ1v) is 46.2. The molecule has 4 unspecified atom stereocenters. The second-order valence-corrected chi connectivity index (χ2v) is 33.1. The van der Waals surface area contributed by atoms with E-state index in [0.717, 1.165) is 127 Å². The summed E-state index contributed by atoms with van der Waals surface area (Å²) in [6.45, 7) is 18.4. The van der Waals surface area contributed by atoms with Crippen LogP contribution in [-0.2, 0) is 14.3 Å². The van der Waals surface area contributed by atoms with Crippen LogP contribution in [0.5, 0.6) is 0 Å². The van der Waals surface area contributed by atoms with Gasteiger partial charge in [0.2, 0.25) is 29.7 Å². The van der Waals surface area contributed by atoms with E-state index in [-0.39, 0.29) is 89.9 Å². The molecule has 5 fully saturated rings. The molecular weight excluding hydrogens is 1810 g/mol. The zero-order valence-electron chi connectivity index (χ0n) is 79.0. The van der Waals surface area contributed by atoms with Crippen LogP contribution in [0.1, 0.15) is 92.1 Å². The van der Waals surface area contributed by atoms with Gasteiger partial charge in [0.25, 0.3) is 17.7 Å². The van der Waals surface area contributed by atoms with Crippen molar-refractivity contribution in [2.24, 2.45) is 0 Å². The second-order valence-electron chi connectivity index (χ2n) is 33.1. The van der Waals surface area contributed by atoms with E-state index in [2.05, 4.69) is 141 Å². The minimum atomic E-state index is -0.648. The fourth-order valence-corrected chi connectivity index (χ4v) is 15.6. The van der Waals surface area contributed by atoms with Gasteiger partial charge in [-0.2, -0.15) is 0 Å². The van der Waals surface area contributed by atoms with Gasteiger partial charge in [0, 0.05) is 207 Å². The number of rotatable bonds is 34. The van der Waals surface area contributed by atoms with Gasteiger partial charge in [0.1, 0.15) is 25.6 Å². The van der Waals surface area contributed by atoms with Crippen LogP contribution in [-0.4, -0.2) is 365 Å². The standard InChI is InChI=1S/C21H25N5O4.C21H26N4O3.C20H23FN4O3.C20H25N5O3.C19H23N5O3/c1-16(27)30-15-19(8-7-17-5-3-2-4-6-17)25-9-11-26(12-10-25)21-22-13-18(14-23-21)20(28)24-29;1-28-16-19(8-7-17-5-3-2-4-6-17)24-9-11-25(12-10-24)21-22-13-18(14-23-21)20(27)15-26;21-17-4-1-15(2-5-17)3-6-18(13-26)24-7-9-25(10-8-24)20-22-11-16(12-23-20)19(28)14-27;1-15-2-4-16(5-3-15)6-7-18(14-26)24-8-10-25(11-9-24)20-21-12-17(13-22-20)19(27)23-28;25-14-17(7-6-15-4-2-1-3-5-15)23-8-10-24(11-9-23)19-20-12-16(13-21-19)18(26)22-27/h2-8,13-14,19,29H,9-12,15H2,1H3,(H,24,28);2-8,13-14,19,26H,9-12,15-16H2,1H3;1-6,11-12,18,26-27H,7-10,13-14H2;2-7,12-13,18,26,28H,8-11,14H2,1H3,(H,23,27);1-7,12-13,17,25,27H,8-11,14H2,(H,22,26)/b2*8-7+;6-3+;2*7-6+/t;;;18-;/m...0./s1. The van der Waals surface area contributed by atoms with E-state index < -0.39 is 36.7 Å². The number of Topliss-reactive ketones (excluding diaryl/α,β-unsaturated/α-hetero) is 2. The third-order valence-electron chi connectivity index (χ3n) is 23.8. The average molecular weight is 1930 g/mol. The van der Waals surface area contributed by atoms with Crippen LogP contribution < -0.4 is 40.9 Å². The lowest BCUT2D eigenvalue weighted by Gasteiger charge is -2.38. The first-order valence-electron chi connectivity index (χ1n) is 46.2. The summed E-state index contributed by atoms with van der Waals surface area (Å²) in [7, 11) is 1.72. The van der Waals surface area contributed by atoms with Gasteiger partial charge in [-0.25, -0.2) is 70.7 Å². The quantitative estimate of drug-likeness (QED) is 0.00990. The molecule has 11 N–H and O–H groups in total. The number of benzene rings is 5. The zero-order valence-corrected chi connectivity index (χ0v) is 79.0. The molecule has 5 aromatic carbocycles. The van der Waals surface area contributed by atoms with E-state index in [4.69, 9.17) is 35.3 Å². The Morgan fingerprint density at radius 2 is 0.553 bits per heavy atom. The largest absolute Gasteiger partial charge is 0.464 e. The summed E-state index contributed by atoms with van der Waals surface area (Å²) in [5, 5.41) is 73.0. The number of esters is 1. The fourth-order valence-electron chi connectivity index (χ4n) is 15.6. The first kappa shape index (κ1) is 107. The van der Waals surface area contributed by atoms with Gasteiger partial charge in [-0.05, 0) is 46.9 Å². The van der Waals surface area contributed by atoms with Crippen molar-refractivity contribution in [3.05, 3.63) is 299 Å². The number of hydroxylamine groups is 3. The number of ether oxygens (including phenoxy) is 2. The van der Waals surface area contributed by atoms with Gasteiger partial charge in [0.05, 0.1) is 84.5 Å². The molecule has 0 saturated carbocycles. The third-order valence-corrected chi connectivity index (χ3v) is 23.8. The van der Waals surface area contributed by atoms with Crippen molar-refractivity contribution in [3.63, 3.8) is 0 Å². The summed E-state index contributed by atoms with van der Waals surface area (Å²) in [5.74, 6) is -0.507. The monoisotopic (exact) mass is 1930 g/mol. The van der Waals surface area contributed by atoms with Crippen molar-refractivity contribution >= 4 is 95.4 Å². The Morgan fingerprint density at radius 3 is 0.787 bits per heavy atom. The molecular formula is C101H122FN23O16. The van der Waals surface area contributed by atoms with Gasteiger partial charge in [0.15, 0.2) is 11.6 Å². The van der Waals surface area contributed by atoms with Crippen LogP contribution in [0.2, 0.25) is 0 Å². The Bertz CT molecular complexity index is 5470. The number of aryl methyl sites for hydroxylation is 1. The van der Waals surface area contributed by atoms with E-state index in [0.29, 0.717) is 74.7 Å². The molecule has 5 aliphatic rings. The van der Waals surface area contributed by atoms with E-state index in [1.54, 1.807) is 35.7 Å². The molecule has 39 nitrogen and oxygen atoms in total. The Morgan fingerprint density at radius 1 is 0.326 bits per heavy atom. The molecule has 15 rings (SSSR count). The smallest absolute Gasteiger partial charge is 0.302 e. The molecule has 0 aliphatic carbocycles. The zero-order chi connectivity index (χ0) is 100. The normalized spacial score (nSPS) is 16.3. The predicted molar refractivity (Wildman–Crippen MR) is 530 cm³/mol. The third kappa shape index (κ3) is 33.8. The molecule has 5 saturated heterocycles. The van der Waals surface area contributed by atoms with Gasteiger partial charge in [-0.15, -0.1) is 0 Å². The lowest BCUT2D eigenvalue weighted by Crippen LogP contribution is -2.51. The van der Waals surface area contributed by atoms with Crippen LogP contribution in [0.4, 0.5) is 34.1 Å². The number of methoxy groups -OCH3 is 1. The minimum Gasteiger partial charge on any atom is -0.464 e. The molecule has 5 aliphatic heterocycles. The number of aromatic nitrogens is 10. The molecule has 3 amide bonds. The maximum atomic E-state index is 13.0. The highest BCUT2D eigenvalue weighted by Gasteiger charge is 2.31. The van der Waals surface area contributed by atoms with Crippen LogP contribution in [0.3, 0.4) is 0 Å². The predicted octanol–water partition coefficient (Wildman–Crippen LogP) is 5.74. The number of amides is 3. The number of carbonyl (C=O) groups is 6. The van der Waals surface area contributed by atoms with Gasteiger partial charge >= 0.3 is 5.97 Å². The second kappa shape index (κ2) is 57.4. The lowest BCUT2D eigenvalue weighted by atomic mass is 10.1. The van der Waals surface area contributed by atoms with Crippen molar-refractivity contribution in [2.45, 2.75) is 44.1 Å². The highest BCUT2D eigenvalue weighted by atomic mass is 19.1. The number of aliphatic hydroxyl groups excluding tert-OH is 5. The van der Waals surface area contributed by atoms with Crippen LogP contribution in [0.25, 0.3) is 30.4 Å². The Labute approximate surface area is 817 Å². The van der Waals surface area contributed by atoms with Crippen LogP contribution in [0, 0.1) is 12.7 Å². The van der Waals surface area contributed by atoms with E-state index in [1.165, 1.54) is 92.2 Å². The van der Waals surface area contributed by atoms with E-state index in [1.807, 2.05) is 141 Å². The topological polar surface area (TPSA) is 480 Å². The number of piperazine rings is 5. The number of hydrogen-bond acceptors (Lipinski definition) is 36. The number of hydrogen-bond donors (Lipinski definition) is 11. The molecule has 10 aromatic rings. The molecule has 0 spiro atoms. The molecule has 10 heterocycles. The number of nitrogens with zero attached hydrogens (tertiary/aromatic N) is 20. The Hall–Kier alpha value is -14.2. The summed E-state index contributed by atoms with van der Waals surface area (Å²) in [6.07, 6.45) is 34.5. The van der Waals surface area contributed by atoms with E-state index in [9.17, 15) is 48.5 Å². The minimum absolute atomic E-state index is 0.00777. The van der Waals surface area contributed by atoms with Crippen LogP contribution in [0.15, 0.2) is 232 Å². The van der Waals surface area contributed by atoms with Gasteiger partial charge in [-0.1, -0.05) is 194 Å². The summed E-state index contributed by atoms with van der Waals surface area (Å²) in [6, 6.07) is 44.7. The molecule has 141 heavy (non-hydrogen) atoms. The average Bonchev–Trinajstić information content (AvgIpc) is 0.850. The number of nitrogens with one attached hydrogen (secondary N) is 3. The lowest BCUT2D eigenvalue weighted by molar-refractivity contribution is -0.142. The van der Waals surface area contributed by atoms with Crippen LogP contribution >= 0.6 is 0 Å². The van der Waals surface area contributed by atoms with Crippen molar-refractivity contribution in [1.29, 1.82) is 0 Å². The van der Waals surface area contributed by atoms with E-state index >= 15 is 0 Å². The molecule has 5 aromatic heterocycles. The van der Waals surface area contributed by atoms with Gasteiger partial charge < -0.3 is 59.5 Å². The number of anilines is 5. The molecule has 0 radical (unpaired) electrons. The number of halogens is 1. The fraction of sp³-hybridized carbons (Fsp3) is 0.347. The highest BCUT2D eigenvalue weighted by molar-refractivity contribution is 5.97. The SMILES string of the molecule is CC(=O)OCC(/C=C/c1ccccc1)N1CCN(c2ncc(C(=O)NO)cn2)CC1.COCC(/C=C/c1ccccc1)N1CCN(c2ncc(C(=O)CO)cn2)CC1.Cc1ccc(/C=C/[C@@H](CO)N2CCN(c3ncc(C(=O)NO)cn3)CC2)cc1.O=C(CO)c1cnc(N2CCN(C(/C=C/c3ccc(F)cc3)CO)CC2)nc1.O=C(NO)c1cnc(N2CCN(C(/C=C/c3ccccc3)CO)CC2)nc1. The summed E-state index contributed by atoms with van der Waals surface area (Å²) in [5.41, 5.74) is 12.5. The van der Waals surface area contributed by atoms with Crippen molar-refractivity contribution < 1.29 is 83.8 Å².